The minimum Gasteiger partial charge on any atom is -0.354 e. The second kappa shape index (κ2) is 9.57. The van der Waals surface area contributed by atoms with E-state index in [1.54, 1.807) is 6.07 Å². The van der Waals surface area contributed by atoms with Crippen molar-refractivity contribution in [3.05, 3.63) is 75.5 Å². The van der Waals surface area contributed by atoms with Gasteiger partial charge in [-0.2, -0.15) is 0 Å². The number of nitrogens with one attached hydrogen (secondary N) is 2. The number of benzene rings is 2. The van der Waals surface area contributed by atoms with Crippen molar-refractivity contribution < 1.29 is 14.0 Å². The molecule has 2 aromatic carbocycles. The van der Waals surface area contributed by atoms with E-state index in [0.29, 0.717) is 5.69 Å². The highest BCUT2D eigenvalue weighted by molar-refractivity contribution is 9.10. The van der Waals surface area contributed by atoms with Crippen LogP contribution in [-0.4, -0.2) is 29.9 Å². The average molecular weight is 462 g/mol. The molecule has 0 radical (unpaired) electrons. The molecule has 0 saturated carbocycles. The Bertz CT molecular complexity index is 993. The lowest BCUT2D eigenvalue weighted by atomic mass is 10.2. The molecule has 3 aromatic rings. The lowest BCUT2D eigenvalue weighted by molar-refractivity contribution is -0.120. The summed E-state index contributed by atoms with van der Waals surface area (Å²) in [6.07, 6.45) is 0.158. The Morgan fingerprint density at radius 3 is 2.64 bits per heavy atom. The summed E-state index contributed by atoms with van der Waals surface area (Å²) in [5.41, 5.74) is 1.66. The number of nitrogens with zero attached hydrogens (tertiary/aromatic N) is 1. The molecular formula is C20H17BrFN3O2S. The summed E-state index contributed by atoms with van der Waals surface area (Å²) >= 11 is 4.91. The molecule has 8 heteroatoms. The highest BCUT2D eigenvalue weighted by atomic mass is 79.9. The van der Waals surface area contributed by atoms with E-state index < -0.39 is 11.7 Å². The molecule has 0 spiro atoms. The molecule has 2 amide bonds. The third-order valence-electron chi connectivity index (χ3n) is 3.82. The maximum atomic E-state index is 13.5. The van der Waals surface area contributed by atoms with Crippen LogP contribution in [-0.2, 0) is 11.2 Å². The van der Waals surface area contributed by atoms with Gasteiger partial charge in [0.15, 0.2) is 0 Å². The van der Waals surface area contributed by atoms with Crippen LogP contribution in [0.25, 0.3) is 10.6 Å². The molecule has 1 heterocycles. The molecule has 1 aromatic heterocycles. The van der Waals surface area contributed by atoms with Crippen molar-refractivity contribution in [1.82, 2.24) is 15.6 Å². The predicted molar refractivity (Wildman–Crippen MR) is 111 cm³/mol. The van der Waals surface area contributed by atoms with Crippen molar-refractivity contribution in [2.24, 2.45) is 0 Å². The van der Waals surface area contributed by atoms with Gasteiger partial charge in [-0.3, -0.25) is 9.59 Å². The van der Waals surface area contributed by atoms with Crippen molar-refractivity contribution in [3.63, 3.8) is 0 Å². The van der Waals surface area contributed by atoms with Gasteiger partial charge in [0.05, 0.1) is 17.7 Å². The van der Waals surface area contributed by atoms with Crippen LogP contribution in [0.4, 0.5) is 4.39 Å². The minimum absolute atomic E-state index is 0.0172. The smallest absolute Gasteiger partial charge is 0.254 e. The SMILES string of the molecule is O=C(Cc1csc(-c2cccc(Br)c2)n1)NCCNC(=O)c1ccccc1F. The van der Waals surface area contributed by atoms with Crippen LogP contribution in [0.2, 0.25) is 0 Å². The number of amides is 2. The van der Waals surface area contributed by atoms with Crippen LogP contribution >= 0.6 is 27.3 Å². The molecule has 2 N–H and O–H groups in total. The summed E-state index contributed by atoms with van der Waals surface area (Å²) in [7, 11) is 0. The summed E-state index contributed by atoms with van der Waals surface area (Å²) in [5, 5.41) is 8.00. The fourth-order valence-corrected chi connectivity index (χ4v) is 3.70. The first kappa shape index (κ1) is 20.2. The molecule has 0 saturated heterocycles. The first-order valence-corrected chi connectivity index (χ1v) is 10.2. The van der Waals surface area contributed by atoms with Crippen LogP contribution in [0.5, 0.6) is 0 Å². The number of hydrogen-bond acceptors (Lipinski definition) is 4. The predicted octanol–water partition coefficient (Wildman–Crippen LogP) is 3.80. The van der Waals surface area contributed by atoms with E-state index in [-0.39, 0.29) is 31.0 Å². The fraction of sp³-hybridized carbons (Fsp3) is 0.150. The second-order valence-electron chi connectivity index (χ2n) is 5.92. The van der Waals surface area contributed by atoms with E-state index in [0.717, 1.165) is 15.0 Å². The summed E-state index contributed by atoms with van der Waals surface area (Å²) < 4.78 is 14.5. The van der Waals surface area contributed by atoms with Crippen molar-refractivity contribution in [2.75, 3.05) is 13.1 Å². The first-order valence-electron chi connectivity index (χ1n) is 8.52. The van der Waals surface area contributed by atoms with E-state index in [4.69, 9.17) is 0 Å². The van der Waals surface area contributed by atoms with Gasteiger partial charge in [-0.05, 0) is 24.3 Å². The van der Waals surface area contributed by atoms with E-state index in [1.807, 2.05) is 29.6 Å². The number of aromatic nitrogens is 1. The van der Waals surface area contributed by atoms with Crippen molar-refractivity contribution >= 4 is 39.1 Å². The Hall–Kier alpha value is -2.58. The molecule has 0 aliphatic heterocycles. The molecule has 0 unspecified atom stereocenters. The standard InChI is InChI=1S/C20H17BrFN3O2S/c21-14-5-3-4-13(10-14)20-25-15(12-28-20)11-18(26)23-8-9-24-19(27)16-6-1-2-7-17(16)22/h1-7,10,12H,8-9,11H2,(H,23,26)(H,24,27). The van der Waals surface area contributed by atoms with Crippen molar-refractivity contribution in [2.45, 2.75) is 6.42 Å². The highest BCUT2D eigenvalue weighted by Crippen LogP contribution is 2.26. The zero-order chi connectivity index (χ0) is 19.9. The van der Waals surface area contributed by atoms with Gasteiger partial charge in [0.2, 0.25) is 5.91 Å². The molecule has 0 atom stereocenters. The third-order valence-corrected chi connectivity index (χ3v) is 5.25. The lowest BCUT2D eigenvalue weighted by Crippen LogP contribution is -2.35. The lowest BCUT2D eigenvalue weighted by Gasteiger charge is -2.07. The number of carbonyl (C=O) groups is 2. The number of rotatable bonds is 7. The largest absolute Gasteiger partial charge is 0.354 e. The van der Waals surface area contributed by atoms with Crippen LogP contribution in [0.1, 0.15) is 16.1 Å². The molecule has 0 fully saturated rings. The molecule has 0 aliphatic carbocycles. The van der Waals surface area contributed by atoms with Gasteiger partial charge in [-0.15, -0.1) is 11.3 Å². The first-order chi connectivity index (χ1) is 13.5. The van der Waals surface area contributed by atoms with E-state index in [2.05, 4.69) is 31.5 Å². The summed E-state index contributed by atoms with van der Waals surface area (Å²) in [5.74, 6) is -1.27. The van der Waals surface area contributed by atoms with Crippen LogP contribution in [0.15, 0.2) is 58.4 Å². The molecule has 0 aliphatic rings. The fourth-order valence-electron chi connectivity index (χ4n) is 2.49. The maximum Gasteiger partial charge on any atom is 0.254 e. The zero-order valence-corrected chi connectivity index (χ0v) is 17.1. The monoisotopic (exact) mass is 461 g/mol. The molecule has 144 valence electrons. The number of hydrogen-bond donors (Lipinski definition) is 2. The van der Waals surface area contributed by atoms with E-state index in [1.165, 1.54) is 29.5 Å². The van der Waals surface area contributed by atoms with Gasteiger partial charge in [0.25, 0.3) is 5.91 Å². The van der Waals surface area contributed by atoms with Gasteiger partial charge < -0.3 is 10.6 Å². The zero-order valence-electron chi connectivity index (χ0n) is 14.7. The van der Waals surface area contributed by atoms with Gasteiger partial charge in [0.1, 0.15) is 10.8 Å². The van der Waals surface area contributed by atoms with Crippen LogP contribution < -0.4 is 10.6 Å². The number of thiazole rings is 1. The normalized spacial score (nSPS) is 10.5. The summed E-state index contributed by atoms with van der Waals surface area (Å²) in [6.45, 7) is 0.459. The van der Waals surface area contributed by atoms with Crippen LogP contribution in [0.3, 0.4) is 0 Å². The topological polar surface area (TPSA) is 71.1 Å². The Morgan fingerprint density at radius 1 is 1.07 bits per heavy atom. The molecule has 0 bridgehead atoms. The quantitative estimate of drug-likeness (QED) is 0.525. The number of halogens is 2. The van der Waals surface area contributed by atoms with Gasteiger partial charge >= 0.3 is 0 Å². The molecule has 3 rings (SSSR count). The van der Waals surface area contributed by atoms with Crippen LogP contribution in [0, 0.1) is 5.82 Å². The molecule has 5 nitrogen and oxygen atoms in total. The Kier molecular flexibility index (Phi) is 6.89. The Balaban J connectivity index is 1.44. The molecular weight excluding hydrogens is 445 g/mol. The third kappa shape index (κ3) is 5.46. The summed E-state index contributed by atoms with van der Waals surface area (Å²) in [4.78, 5) is 28.4. The Morgan fingerprint density at radius 2 is 1.86 bits per heavy atom. The van der Waals surface area contributed by atoms with E-state index >= 15 is 0 Å². The number of carbonyl (C=O) groups excluding carboxylic acids is 2. The Labute approximate surface area is 174 Å². The van der Waals surface area contributed by atoms with Crippen molar-refractivity contribution in [3.8, 4) is 10.6 Å². The summed E-state index contributed by atoms with van der Waals surface area (Å²) in [6, 6.07) is 13.6. The molecule has 28 heavy (non-hydrogen) atoms. The van der Waals surface area contributed by atoms with Gasteiger partial charge in [0, 0.05) is 28.5 Å². The minimum atomic E-state index is -0.575. The van der Waals surface area contributed by atoms with Gasteiger partial charge in [-0.1, -0.05) is 40.2 Å². The second-order valence-corrected chi connectivity index (χ2v) is 7.69. The average Bonchev–Trinajstić information content (AvgIpc) is 3.14. The van der Waals surface area contributed by atoms with E-state index in [9.17, 15) is 14.0 Å². The van der Waals surface area contributed by atoms with Crippen molar-refractivity contribution in [1.29, 1.82) is 0 Å². The highest BCUT2D eigenvalue weighted by Gasteiger charge is 2.11. The van der Waals surface area contributed by atoms with Gasteiger partial charge in [-0.25, -0.2) is 9.37 Å². The maximum absolute atomic E-state index is 13.5.